The SMILES string of the molecule is Cc1cc(F)cc2[nH]c(CN)cc12. The summed E-state index contributed by atoms with van der Waals surface area (Å²) in [5.74, 6) is -0.213. The van der Waals surface area contributed by atoms with Crippen LogP contribution in [-0.4, -0.2) is 4.98 Å². The van der Waals surface area contributed by atoms with Crippen molar-refractivity contribution in [3.63, 3.8) is 0 Å². The van der Waals surface area contributed by atoms with E-state index in [2.05, 4.69) is 4.98 Å². The van der Waals surface area contributed by atoms with E-state index in [9.17, 15) is 4.39 Å². The van der Waals surface area contributed by atoms with Gasteiger partial charge in [-0.25, -0.2) is 4.39 Å². The molecule has 0 fully saturated rings. The van der Waals surface area contributed by atoms with Crippen molar-refractivity contribution in [3.8, 4) is 0 Å². The highest BCUT2D eigenvalue weighted by atomic mass is 19.1. The number of aromatic amines is 1. The molecule has 68 valence electrons. The van der Waals surface area contributed by atoms with Crippen LogP contribution in [0.15, 0.2) is 18.2 Å². The van der Waals surface area contributed by atoms with Gasteiger partial charge < -0.3 is 10.7 Å². The maximum absolute atomic E-state index is 13.0. The molecule has 2 aromatic rings. The zero-order valence-electron chi connectivity index (χ0n) is 7.39. The van der Waals surface area contributed by atoms with Crippen molar-refractivity contribution in [2.24, 2.45) is 5.73 Å². The Labute approximate surface area is 75.6 Å². The molecule has 0 aliphatic carbocycles. The first-order valence-corrected chi connectivity index (χ1v) is 4.18. The average Bonchev–Trinajstić information content (AvgIpc) is 2.47. The minimum atomic E-state index is -0.213. The fraction of sp³-hybridized carbons (Fsp3) is 0.200. The van der Waals surface area contributed by atoms with Gasteiger partial charge in [-0.15, -0.1) is 0 Å². The molecule has 0 saturated carbocycles. The molecule has 3 N–H and O–H groups in total. The molecular weight excluding hydrogens is 167 g/mol. The van der Waals surface area contributed by atoms with Crippen LogP contribution in [0.25, 0.3) is 10.9 Å². The molecular formula is C10H11FN2. The largest absolute Gasteiger partial charge is 0.357 e. The molecule has 0 aliphatic heterocycles. The maximum atomic E-state index is 13.0. The Balaban J connectivity index is 2.75. The van der Waals surface area contributed by atoms with Crippen molar-refractivity contribution in [3.05, 3.63) is 35.3 Å². The fourth-order valence-electron chi connectivity index (χ4n) is 1.54. The van der Waals surface area contributed by atoms with Gasteiger partial charge in [0.2, 0.25) is 0 Å². The Morgan fingerprint density at radius 2 is 2.15 bits per heavy atom. The second kappa shape index (κ2) is 2.85. The predicted octanol–water partition coefficient (Wildman–Crippen LogP) is 2.07. The van der Waals surface area contributed by atoms with Crippen molar-refractivity contribution in [1.82, 2.24) is 4.98 Å². The lowest BCUT2D eigenvalue weighted by Crippen LogP contribution is -1.94. The molecule has 0 unspecified atom stereocenters. The van der Waals surface area contributed by atoms with Gasteiger partial charge in [-0.1, -0.05) is 0 Å². The van der Waals surface area contributed by atoms with Crippen molar-refractivity contribution < 1.29 is 4.39 Å². The van der Waals surface area contributed by atoms with Crippen LogP contribution in [0.1, 0.15) is 11.3 Å². The van der Waals surface area contributed by atoms with E-state index >= 15 is 0 Å². The van der Waals surface area contributed by atoms with Crippen LogP contribution >= 0.6 is 0 Å². The minimum Gasteiger partial charge on any atom is -0.357 e. The first-order valence-electron chi connectivity index (χ1n) is 4.18. The Hall–Kier alpha value is -1.35. The number of rotatable bonds is 1. The zero-order chi connectivity index (χ0) is 9.42. The molecule has 0 aliphatic rings. The van der Waals surface area contributed by atoms with Gasteiger partial charge in [-0.05, 0) is 30.7 Å². The number of aromatic nitrogens is 1. The van der Waals surface area contributed by atoms with Gasteiger partial charge in [0.25, 0.3) is 0 Å². The highest BCUT2D eigenvalue weighted by Gasteiger charge is 2.03. The highest BCUT2D eigenvalue weighted by molar-refractivity contribution is 5.83. The number of H-pyrrole nitrogens is 1. The van der Waals surface area contributed by atoms with E-state index in [1.165, 1.54) is 12.1 Å². The summed E-state index contributed by atoms with van der Waals surface area (Å²) in [7, 11) is 0. The van der Waals surface area contributed by atoms with Crippen molar-refractivity contribution in [2.45, 2.75) is 13.5 Å². The maximum Gasteiger partial charge on any atom is 0.125 e. The predicted molar refractivity (Wildman–Crippen MR) is 50.9 cm³/mol. The number of halogens is 1. The molecule has 2 nitrogen and oxygen atoms in total. The van der Waals surface area contributed by atoms with Gasteiger partial charge in [0, 0.05) is 23.1 Å². The van der Waals surface area contributed by atoms with Crippen molar-refractivity contribution >= 4 is 10.9 Å². The van der Waals surface area contributed by atoms with Crippen LogP contribution in [0.5, 0.6) is 0 Å². The normalized spacial score (nSPS) is 11.0. The lowest BCUT2D eigenvalue weighted by molar-refractivity contribution is 0.628. The first kappa shape index (κ1) is 8.26. The summed E-state index contributed by atoms with van der Waals surface area (Å²) in [6.07, 6.45) is 0. The zero-order valence-corrected chi connectivity index (χ0v) is 7.39. The minimum absolute atomic E-state index is 0.213. The van der Waals surface area contributed by atoms with Crippen LogP contribution < -0.4 is 5.73 Å². The topological polar surface area (TPSA) is 41.8 Å². The molecule has 0 spiro atoms. The third kappa shape index (κ3) is 1.31. The van der Waals surface area contributed by atoms with Crippen LogP contribution in [0.3, 0.4) is 0 Å². The molecule has 1 aromatic carbocycles. The molecule has 0 bridgehead atoms. The van der Waals surface area contributed by atoms with Crippen LogP contribution in [0.2, 0.25) is 0 Å². The molecule has 1 aromatic heterocycles. The molecule has 0 amide bonds. The quantitative estimate of drug-likeness (QED) is 0.689. The van der Waals surface area contributed by atoms with Gasteiger partial charge in [0.1, 0.15) is 5.82 Å². The number of hydrogen-bond donors (Lipinski definition) is 2. The lowest BCUT2D eigenvalue weighted by Gasteiger charge is -1.95. The van der Waals surface area contributed by atoms with Gasteiger partial charge in [0.05, 0.1) is 0 Å². The van der Waals surface area contributed by atoms with Gasteiger partial charge in [0.15, 0.2) is 0 Å². The van der Waals surface area contributed by atoms with Gasteiger partial charge in [-0.2, -0.15) is 0 Å². The van der Waals surface area contributed by atoms with E-state index in [-0.39, 0.29) is 5.82 Å². The van der Waals surface area contributed by atoms with E-state index in [4.69, 9.17) is 5.73 Å². The molecule has 2 rings (SSSR count). The fourth-order valence-corrected chi connectivity index (χ4v) is 1.54. The van der Waals surface area contributed by atoms with E-state index in [0.29, 0.717) is 6.54 Å². The summed E-state index contributed by atoms with van der Waals surface area (Å²) in [5, 5.41) is 1.04. The third-order valence-electron chi connectivity index (χ3n) is 2.19. The summed E-state index contributed by atoms with van der Waals surface area (Å²) >= 11 is 0. The van der Waals surface area contributed by atoms with Crippen molar-refractivity contribution in [2.75, 3.05) is 0 Å². The first-order chi connectivity index (χ1) is 6.20. The summed E-state index contributed by atoms with van der Waals surface area (Å²) < 4.78 is 13.0. The van der Waals surface area contributed by atoms with Crippen molar-refractivity contribution in [1.29, 1.82) is 0 Å². The van der Waals surface area contributed by atoms with E-state index in [0.717, 1.165) is 22.2 Å². The number of aryl methyl sites for hydroxylation is 1. The van der Waals surface area contributed by atoms with E-state index in [1.54, 1.807) is 0 Å². The number of hydrogen-bond acceptors (Lipinski definition) is 1. The van der Waals surface area contributed by atoms with Gasteiger partial charge in [-0.3, -0.25) is 0 Å². The second-order valence-corrected chi connectivity index (χ2v) is 3.18. The third-order valence-corrected chi connectivity index (χ3v) is 2.19. The summed E-state index contributed by atoms with van der Waals surface area (Å²) in [5.41, 5.74) is 8.16. The Bertz CT molecular complexity index is 445. The monoisotopic (exact) mass is 178 g/mol. The Morgan fingerprint density at radius 3 is 2.85 bits per heavy atom. The van der Waals surface area contributed by atoms with Crippen LogP contribution in [-0.2, 0) is 6.54 Å². The summed E-state index contributed by atoms with van der Waals surface area (Å²) in [6.45, 7) is 2.34. The lowest BCUT2D eigenvalue weighted by atomic mass is 10.1. The second-order valence-electron chi connectivity index (χ2n) is 3.18. The number of nitrogens with two attached hydrogens (primary N) is 1. The average molecular weight is 178 g/mol. The molecule has 0 radical (unpaired) electrons. The Kier molecular flexibility index (Phi) is 1.81. The molecule has 3 heteroatoms. The smallest absolute Gasteiger partial charge is 0.125 e. The number of fused-ring (bicyclic) bond motifs is 1. The molecule has 0 saturated heterocycles. The number of benzene rings is 1. The Morgan fingerprint density at radius 1 is 1.38 bits per heavy atom. The van der Waals surface area contributed by atoms with E-state index < -0.39 is 0 Å². The van der Waals surface area contributed by atoms with Crippen LogP contribution in [0, 0.1) is 12.7 Å². The summed E-state index contributed by atoms with van der Waals surface area (Å²) in [4.78, 5) is 3.06. The van der Waals surface area contributed by atoms with Gasteiger partial charge >= 0.3 is 0 Å². The number of nitrogens with one attached hydrogen (secondary N) is 1. The summed E-state index contributed by atoms with van der Waals surface area (Å²) in [6, 6.07) is 4.97. The highest BCUT2D eigenvalue weighted by Crippen LogP contribution is 2.20. The van der Waals surface area contributed by atoms with Crippen LogP contribution in [0.4, 0.5) is 4.39 Å². The molecule has 0 atom stereocenters. The van der Waals surface area contributed by atoms with E-state index in [1.807, 2.05) is 13.0 Å². The molecule has 13 heavy (non-hydrogen) atoms. The standard InChI is InChI=1S/C10H11FN2/c1-6-2-7(11)3-10-9(6)4-8(5-12)13-10/h2-4,13H,5,12H2,1H3. The molecule has 1 heterocycles.